The summed E-state index contributed by atoms with van der Waals surface area (Å²) in [5, 5.41) is 15.8. The van der Waals surface area contributed by atoms with Crippen molar-refractivity contribution < 1.29 is 0 Å². The highest BCUT2D eigenvalue weighted by atomic mass is 35.5. The molecule has 1 aromatic carbocycles. The monoisotopic (exact) mass is 322 g/mol. The van der Waals surface area contributed by atoms with Crippen LogP contribution in [0.5, 0.6) is 0 Å². The van der Waals surface area contributed by atoms with Crippen molar-refractivity contribution in [1.82, 2.24) is 30.2 Å². The summed E-state index contributed by atoms with van der Waals surface area (Å²) in [6, 6.07) is 7.59. The van der Waals surface area contributed by atoms with E-state index < -0.39 is 0 Å². The van der Waals surface area contributed by atoms with Crippen LogP contribution >= 0.6 is 23.2 Å². The Labute approximate surface area is 131 Å². The fourth-order valence-electron chi connectivity index (χ4n) is 1.95. The summed E-state index contributed by atoms with van der Waals surface area (Å²) in [5.41, 5.74) is 1.56. The standard InChI is InChI=1S/C13H12Cl2N6/c1-2-10-16-13(11-12(15)18-20-17-11)21(19-10)7-8-3-5-9(14)6-4-8/h3-6H,2,7H2,1H3,(H,17,18,20). The van der Waals surface area contributed by atoms with Crippen LogP contribution in [0.3, 0.4) is 0 Å². The molecule has 1 N–H and O–H groups in total. The fraction of sp³-hybridized carbons (Fsp3) is 0.231. The van der Waals surface area contributed by atoms with Crippen LogP contribution in [0.15, 0.2) is 24.3 Å². The summed E-state index contributed by atoms with van der Waals surface area (Å²) in [4.78, 5) is 4.46. The van der Waals surface area contributed by atoms with Gasteiger partial charge in [-0.05, 0) is 17.7 Å². The first-order valence-corrected chi connectivity index (χ1v) is 7.17. The molecule has 0 radical (unpaired) electrons. The van der Waals surface area contributed by atoms with Gasteiger partial charge < -0.3 is 0 Å². The van der Waals surface area contributed by atoms with Gasteiger partial charge in [0.15, 0.2) is 22.5 Å². The summed E-state index contributed by atoms with van der Waals surface area (Å²) in [5.74, 6) is 1.33. The SMILES string of the molecule is CCc1nc(-c2n[nH]nc2Cl)n(Cc2ccc(Cl)cc2)n1. The van der Waals surface area contributed by atoms with Gasteiger partial charge >= 0.3 is 0 Å². The van der Waals surface area contributed by atoms with Gasteiger partial charge in [-0.2, -0.15) is 15.4 Å². The highest BCUT2D eigenvalue weighted by Gasteiger charge is 2.17. The van der Waals surface area contributed by atoms with Crippen molar-refractivity contribution in [3.63, 3.8) is 0 Å². The molecule has 0 aliphatic carbocycles. The van der Waals surface area contributed by atoms with Crippen molar-refractivity contribution in [3.8, 4) is 11.5 Å². The second kappa shape index (κ2) is 5.83. The number of hydrogen-bond donors (Lipinski definition) is 1. The van der Waals surface area contributed by atoms with E-state index in [0.717, 1.165) is 17.8 Å². The van der Waals surface area contributed by atoms with E-state index in [1.165, 1.54) is 0 Å². The number of aromatic nitrogens is 6. The lowest BCUT2D eigenvalue weighted by Gasteiger charge is -2.04. The number of aryl methyl sites for hydroxylation is 1. The first-order chi connectivity index (χ1) is 10.2. The molecular formula is C13H12Cl2N6. The second-order valence-electron chi connectivity index (χ2n) is 4.45. The van der Waals surface area contributed by atoms with Crippen LogP contribution in [0.1, 0.15) is 18.3 Å². The summed E-state index contributed by atoms with van der Waals surface area (Å²) in [6.07, 6.45) is 0.732. The summed E-state index contributed by atoms with van der Waals surface area (Å²) in [6.45, 7) is 2.55. The average Bonchev–Trinajstić information content (AvgIpc) is 3.07. The van der Waals surface area contributed by atoms with Crippen molar-refractivity contribution >= 4 is 23.2 Å². The molecule has 0 fully saturated rings. The molecule has 108 valence electrons. The maximum Gasteiger partial charge on any atom is 0.182 e. The zero-order valence-corrected chi connectivity index (χ0v) is 12.7. The molecule has 2 aromatic heterocycles. The molecule has 3 rings (SSSR count). The number of rotatable bonds is 4. The quantitative estimate of drug-likeness (QED) is 0.801. The van der Waals surface area contributed by atoms with Crippen molar-refractivity contribution in [3.05, 3.63) is 45.8 Å². The molecule has 2 heterocycles. The molecule has 0 aliphatic rings. The predicted molar refractivity (Wildman–Crippen MR) is 80.3 cm³/mol. The van der Waals surface area contributed by atoms with Crippen molar-refractivity contribution in [2.75, 3.05) is 0 Å². The number of H-pyrrole nitrogens is 1. The maximum absolute atomic E-state index is 6.02. The fourth-order valence-corrected chi connectivity index (χ4v) is 2.24. The molecule has 3 aromatic rings. The highest BCUT2D eigenvalue weighted by Crippen LogP contribution is 2.22. The van der Waals surface area contributed by atoms with Crippen LogP contribution in [0, 0.1) is 0 Å². The van der Waals surface area contributed by atoms with Gasteiger partial charge in [0.05, 0.1) is 6.54 Å². The molecule has 8 heteroatoms. The minimum atomic E-state index is 0.280. The Balaban J connectivity index is 1.99. The largest absolute Gasteiger partial charge is 0.240 e. The molecule has 0 saturated heterocycles. The number of halogens is 2. The summed E-state index contributed by atoms with van der Waals surface area (Å²) < 4.78 is 1.77. The molecule has 0 unspecified atom stereocenters. The Morgan fingerprint density at radius 2 is 1.90 bits per heavy atom. The number of benzene rings is 1. The minimum Gasteiger partial charge on any atom is -0.240 e. The Hall–Kier alpha value is -1.92. The molecular weight excluding hydrogens is 311 g/mol. The van der Waals surface area contributed by atoms with Gasteiger partial charge in [-0.25, -0.2) is 9.67 Å². The number of hydrogen-bond acceptors (Lipinski definition) is 4. The smallest absolute Gasteiger partial charge is 0.182 e. The van der Waals surface area contributed by atoms with E-state index in [1.807, 2.05) is 31.2 Å². The van der Waals surface area contributed by atoms with Crippen LogP contribution in [-0.4, -0.2) is 30.2 Å². The summed E-state index contributed by atoms with van der Waals surface area (Å²) in [7, 11) is 0. The Morgan fingerprint density at radius 1 is 1.14 bits per heavy atom. The Kier molecular flexibility index (Phi) is 3.90. The lowest BCUT2D eigenvalue weighted by Crippen LogP contribution is -2.05. The van der Waals surface area contributed by atoms with Crippen LogP contribution in [0.4, 0.5) is 0 Å². The van der Waals surface area contributed by atoms with E-state index in [-0.39, 0.29) is 5.15 Å². The van der Waals surface area contributed by atoms with Gasteiger partial charge in [0, 0.05) is 11.4 Å². The zero-order valence-electron chi connectivity index (χ0n) is 11.2. The lowest BCUT2D eigenvalue weighted by molar-refractivity contribution is 0.678. The molecule has 0 bridgehead atoms. The van der Waals surface area contributed by atoms with E-state index in [0.29, 0.717) is 23.1 Å². The van der Waals surface area contributed by atoms with E-state index >= 15 is 0 Å². The van der Waals surface area contributed by atoms with Gasteiger partial charge in [-0.3, -0.25) is 0 Å². The van der Waals surface area contributed by atoms with Gasteiger partial charge in [0.2, 0.25) is 0 Å². The van der Waals surface area contributed by atoms with E-state index in [9.17, 15) is 0 Å². The van der Waals surface area contributed by atoms with Gasteiger partial charge in [0.25, 0.3) is 0 Å². The number of aromatic amines is 1. The highest BCUT2D eigenvalue weighted by molar-refractivity contribution is 6.31. The summed E-state index contributed by atoms with van der Waals surface area (Å²) >= 11 is 11.9. The minimum absolute atomic E-state index is 0.280. The van der Waals surface area contributed by atoms with Crippen LogP contribution < -0.4 is 0 Å². The first kappa shape index (κ1) is 14.0. The van der Waals surface area contributed by atoms with Crippen molar-refractivity contribution in [2.45, 2.75) is 19.9 Å². The Bertz CT molecular complexity index is 746. The van der Waals surface area contributed by atoms with Crippen LogP contribution in [-0.2, 0) is 13.0 Å². The van der Waals surface area contributed by atoms with E-state index in [2.05, 4.69) is 25.5 Å². The van der Waals surface area contributed by atoms with Gasteiger partial charge in [0.1, 0.15) is 0 Å². The molecule has 0 amide bonds. The van der Waals surface area contributed by atoms with Crippen molar-refractivity contribution in [2.24, 2.45) is 0 Å². The predicted octanol–water partition coefficient (Wildman–Crippen LogP) is 2.98. The van der Waals surface area contributed by atoms with E-state index in [4.69, 9.17) is 23.2 Å². The molecule has 0 saturated carbocycles. The normalized spacial score (nSPS) is 11.0. The van der Waals surface area contributed by atoms with Crippen LogP contribution in [0.2, 0.25) is 10.2 Å². The first-order valence-electron chi connectivity index (χ1n) is 6.42. The third-order valence-electron chi connectivity index (χ3n) is 2.99. The molecule has 0 atom stereocenters. The van der Waals surface area contributed by atoms with Crippen molar-refractivity contribution in [1.29, 1.82) is 0 Å². The van der Waals surface area contributed by atoms with Gasteiger partial charge in [-0.1, -0.05) is 42.3 Å². The molecule has 21 heavy (non-hydrogen) atoms. The van der Waals surface area contributed by atoms with Gasteiger partial charge in [-0.15, -0.1) is 5.10 Å². The average molecular weight is 323 g/mol. The second-order valence-corrected chi connectivity index (χ2v) is 5.25. The molecule has 0 aliphatic heterocycles. The topological polar surface area (TPSA) is 72.3 Å². The third-order valence-corrected chi connectivity index (χ3v) is 3.51. The lowest BCUT2D eigenvalue weighted by atomic mass is 10.2. The van der Waals surface area contributed by atoms with Crippen LogP contribution in [0.25, 0.3) is 11.5 Å². The number of nitrogens with zero attached hydrogens (tertiary/aromatic N) is 5. The third kappa shape index (κ3) is 2.91. The molecule has 0 spiro atoms. The maximum atomic E-state index is 6.02. The molecule has 6 nitrogen and oxygen atoms in total. The Morgan fingerprint density at radius 3 is 2.52 bits per heavy atom. The van der Waals surface area contributed by atoms with E-state index in [1.54, 1.807) is 4.68 Å². The zero-order chi connectivity index (χ0) is 14.8. The number of nitrogens with one attached hydrogen (secondary N) is 1.